The van der Waals surface area contributed by atoms with Crippen molar-refractivity contribution in [2.75, 3.05) is 12.0 Å². The van der Waals surface area contributed by atoms with Crippen LogP contribution in [0.15, 0.2) is 83.4 Å². The SMILES string of the molecule is COc1ccc(N2C(=S)N[C@@H](c3ccccn3)[C@H]2c2ccc(-c3cccc(C(=O)O)c3)o2)cc1Cl. The molecule has 3 heterocycles. The van der Waals surface area contributed by atoms with Gasteiger partial charge in [0, 0.05) is 17.4 Å². The van der Waals surface area contributed by atoms with Gasteiger partial charge in [-0.25, -0.2) is 4.79 Å². The number of carboxylic acid groups (broad SMARTS) is 1. The molecule has 35 heavy (non-hydrogen) atoms. The Morgan fingerprint density at radius 2 is 2.00 bits per heavy atom. The monoisotopic (exact) mass is 505 g/mol. The molecule has 1 fully saturated rings. The van der Waals surface area contributed by atoms with Crippen LogP contribution in [0.5, 0.6) is 5.75 Å². The van der Waals surface area contributed by atoms with E-state index in [1.807, 2.05) is 47.4 Å². The van der Waals surface area contributed by atoms with E-state index >= 15 is 0 Å². The second-order valence-electron chi connectivity index (χ2n) is 7.90. The molecule has 0 bridgehead atoms. The van der Waals surface area contributed by atoms with Crippen molar-refractivity contribution in [3.8, 4) is 17.1 Å². The van der Waals surface area contributed by atoms with Gasteiger partial charge in [-0.1, -0.05) is 29.8 Å². The zero-order chi connectivity index (χ0) is 24.5. The van der Waals surface area contributed by atoms with Gasteiger partial charge >= 0.3 is 5.97 Å². The third-order valence-corrected chi connectivity index (χ3v) is 6.43. The molecule has 0 saturated carbocycles. The molecule has 7 nitrogen and oxygen atoms in total. The third-order valence-electron chi connectivity index (χ3n) is 5.82. The molecule has 1 saturated heterocycles. The highest BCUT2D eigenvalue weighted by molar-refractivity contribution is 7.80. The number of benzene rings is 2. The molecule has 1 aliphatic rings. The van der Waals surface area contributed by atoms with Crippen LogP contribution >= 0.6 is 23.8 Å². The van der Waals surface area contributed by atoms with Crippen LogP contribution in [-0.4, -0.2) is 28.3 Å². The Morgan fingerprint density at radius 3 is 2.71 bits per heavy atom. The van der Waals surface area contributed by atoms with Gasteiger partial charge in [-0.3, -0.25) is 4.98 Å². The smallest absolute Gasteiger partial charge is 0.335 e. The van der Waals surface area contributed by atoms with Crippen molar-refractivity contribution in [1.82, 2.24) is 10.3 Å². The van der Waals surface area contributed by atoms with Gasteiger partial charge in [0.05, 0.1) is 29.4 Å². The molecular formula is C26H20ClN3O4S. The Hall–Kier alpha value is -3.88. The molecule has 2 aromatic heterocycles. The number of aromatic nitrogens is 1. The van der Waals surface area contributed by atoms with E-state index in [9.17, 15) is 9.90 Å². The van der Waals surface area contributed by atoms with Gasteiger partial charge in [-0.05, 0) is 66.8 Å². The summed E-state index contributed by atoms with van der Waals surface area (Å²) < 4.78 is 11.6. The Labute approximate surface area is 211 Å². The number of furan rings is 1. The van der Waals surface area contributed by atoms with Crippen molar-refractivity contribution in [3.63, 3.8) is 0 Å². The van der Waals surface area contributed by atoms with Crippen LogP contribution in [0, 0.1) is 0 Å². The minimum absolute atomic E-state index is 0.185. The molecular weight excluding hydrogens is 486 g/mol. The van der Waals surface area contributed by atoms with Crippen molar-refractivity contribution in [1.29, 1.82) is 0 Å². The summed E-state index contributed by atoms with van der Waals surface area (Å²) in [4.78, 5) is 17.9. The number of halogens is 1. The minimum Gasteiger partial charge on any atom is -0.495 e. The highest BCUT2D eigenvalue weighted by Gasteiger charge is 2.42. The molecule has 2 aromatic carbocycles. The number of hydrogen-bond donors (Lipinski definition) is 2. The van der Waals surface area contributed by atoms with E-state index in [-0.39, 0.29) is 17.6 Å². The first-order chi connectivity index (χ1) is 17.0. The molecule has 9 heteroatoms. The third kappa shape index (κ3) is 4.34. The lowest BCUT2D eigenvalue weighted by Crippen LogP contribution is -2.29. The van der Waals surface area contributed by atoms with E-state index in [1.165, 1.54) is 0 Å². The average Bonchev–Trinajstić information content (AvgIpc) is 3.49. The number of anilines is 1. The van der Waals surface area contributed by atoms with Gasteiger partial charge in [0.15, 0.2) is 5.11 Å². The predicted molar refractivity (Wildman–Crippen MR) is 137 cm³/mol. The van der Waals surface area contributed by atoms with Crippen molar-refractivity contribution < 1.29 is 19.1 Å². The van der Waals surface area contributed by atoms with Crippen LogP contribution in [0.2, 0.25) is 5.02 Å². The fourth-order valence-electron chi connectivity index (χ4n) is 4.20. The molecule has 2 N–H and O–H groups in total. The Morgan fingerprint density at radius 1 is 1.14 bits per heavy atom. The minimum atomic E-state index is -0.998. The van der Waals surface area contributed by atoms with E-state index in [4.69, 9.17) is 33.0 Å². The number of pyridine rings is 1. The standard InChI is InChI=1S/C26H20ClN3O4S/c1-33-21-9-8-17(14-18(21)27)30-24(23(29-26(30)35)19-7-2-3-12-28-19)22-11-10-20(34-22)15-5-4-6-16(13-15)25(31)32/h2-14,23-24H,1H3,(H,29,35)(H,31,32)/t23-,24+/m0/s1. The number of carbonyl (C=O) groups is 1. The topological polar surface area (TPSA) is 87.8 Å². The van der Waals surface area contributed by atoms with Crippen LogP contribution < -0.4 is 15.0 Å². The zero-order valence-electron chi connectivity index (χ0n) is 18.5. The van der Waals surface area contributed by atoms with Crippen LogP contribution in [0.4, 0.5) is 5.69 Å². The summed E-state index contributed by atoms with van der Waals surface area (Å²) in [5.74, 6) is 0.746. The summed E-state index contributed by atoms with van der Waals surface area (Å²) in [6, 6.07) is 20.8. The normalized spacial score (nSPS) is 17.3. The number of rotatable bonds is 6. The maximum absolute atomic E-state index is 11.4. The lowest BCUT2D eigenvalue weighted by molar-refractivity contribution is 0.0697. The van der Waals surface area contributed by atoms with Gasteiger partial charge < -0.3 is 24.5 Å². The van der Waals surface area contributed by atoms with Crippen molar-refractivity contribution in [2.45, 2.75) is 12.1 Å². The van der Waals surface area contributed by atoms with E-state index in [0.29, 0.717) is 33.0 Å². The predicted octanol–water partition coefficient (Wildman–Crippen LogP) is 5.88. The van der Waals surface area contributed by atoms with Crippen molar-refractivity contribution >= 4 is 40.6 Å². The largest absolute Gasteiger partial charge is 0.495 e. The van der Waals surface area contributed by atoms with Gasteiger partial charge in [0.1, 0.15) is 23.3 Å². The molecule has 2 atom stereocenters. The summed E-state index contributed by atoms with van der Waals surface area (Å²) in [5.41, 5.74) is 2.42. The highest BCUT2D eigenvalue weighted by Crippen LogP contribution is 2.44. The van der Waals surface area contributed by atoms with Gasteiger partial charge in [0.25, 0.3) is 0 Å². The molecule has 0 radical (unpaired) electrons. The number of hydrogen-bond acceptors (Lipinski definition) is 5. The average molecular weight is 506 g/mol. The Kier molecular flexibility index (Phi) is 6.15. The fraction of sp³-hybridized carbons (Fsp3) is 0.115. The van der Waals surface area contributed by atoms with Crippen LogP contribution in [0.1, 0.15) is 33.9 Å². The first-order valence-corrected chi connectivity index (χ1v) is 11.5. The van der Waals surface area contributed by atoms with Crippen LogP contribution in [0.25, 0.3) is 11.3 Å². The lowest BCUT2D eigenvalue weighted by Gasteiger charge is -2.26. The molecule has 0 aliphatic carbocycles. The van der Waals surface area contributed by atoms with E-state index in [2.05, 4.69) is 10.3 Å². The summed E-state index contributed by atoms with van der Waals surface area (Å²) in [5, 5.41) is 13.7. The molecule has 1 aliphatic heterocycles. The Bertz CT molecular complexity index is 1410. The van der Waals surface area contributed by atoms with Gasteiger partial charge in [0.2, 0.25) is 0 Å². The zero-order valence-corrected chi connectivity index (χ0v) is 20.1. The van der Waals surface area contributed by atoms with Crippen molar-refractivity contribution in [3.05, 3.63) is 101 Å². The molecule has 0 amide bonds. The summed E-state index contributed by atoms with van der Waals surface area (Å²) in [7, 11) is 1.56. The fourth-order valence-corrected chi connectivity index (χ4v) is 4.80. The summed E-state index contributed by atoms with van der Waals surface area (Å²) in [6.45, 7) is 0. The first-order valence-electron chi connectivity index (χ1n) is 10.7. The number of thiocarbonyl (C=S) groups is 1. The van der Waals surface area contributed by atoms with E-state index < -0.39 is 5.97 Å². The highest BCUT2D eigenvalue weighted by atomic mass is 35.5. The summed E-state index contributed by atoms with van der Waals surface area (Å²) >= 11 is 12.2. The molecule has 4 aromatic rings. The lowest BCUT2D eigenvalue weighted by atomic mass is 10.0. The molecule has 176 valence electrons. The second-order valence-corrected chi connectivity index (χ2v) is 8.70. The van der Waals surface area contributed by atoms with Crippen molar-refractivity contribution in [2.24, 2.45) is 0 Å². The van der Waals surface area contributed by atoms with Gasteiger partial charge in [-0.2, -0.15) is 0 Å². The van der Waals surface area contributed by atoms with Gasteiger partial charge in [-0.15, -0.1) is 0 Å². The van der Waals surface area contributed by atoms with Crippen LogP contribution in [0.3, 0.4) is 0 Å². The maximum Gasteiger partial charge on any atom is 0.335 e. The van der Waals surface area contributed by atoms with Crippen LogP contribution in [-0.2, 0) is 0 Å². The number of ether oxygens (including phenoxy) is 1. The molecule has 5 rings (SSSR count). The molecule has 0 spiro atoms. The number of carboxylic acids is 1. The summed E-state index contributed by atoms with van der Waals surface area (Å²) in [6.07, 6.45) is 1.73. The number of nitrogens with zero attached hydrogens (tertiary/aromatic N) is 2. The quantitative estimate of drug-likeness (QED) is 0.314. The number of aromatic carboxylic acids is 1. The number of nitrogens with one attached hydrogen (secondary N) is 1. The first kappa shape index (κ1) is 22.9. The second kappa shape index (κ2) is 9.40. The molecule has 0 unspecified atom stereocenters. The van der Waals surface area contributed by atoms with E-state index in [1.54, 1.807) is 43.6 Å². The Balaban J connectivity index is 1.59. The number of methoxy groups -OCH3 is 1. The van der Waals surface area contributed by atoms with E-state index in [0.717, 1.165) is 11.4 Å². The maximum atomic E-state index is 11.4.